The molecular weight excluding hydrogens is 134 g/mol. The molecule has 0 fully saturated rings. The molecule has 0 bridgehead atoms. The van der Waals surface area contributed by atoms with Gasteiger partial charge in [-0.3, -0.25) is 0 Å². The van der Waals surface area contributed by atoms with Gasteiger partial charge in [-0.1, -0.05) is 11.3 Å². The predicted octanol–water partition coefficient (Wildman–Crippen LogP) is 0.220. The van der Waals surface area contributed by atoms with Crippen LogP contribution in [0.15, 0.2) is 17.9 Å². The summed E-state index contributed by atoms with van der Waals surface area (Å²) in [6, 6.07) is 0. The lowest BCUT2D eigenvalue weighted by molar-refractivity contribution is -0.738. The van der Waals surface area contributed by atoms with Crippen LogP contribution in [0.1, 0.15) is 0 Å². The van der Waals surface area contributed by atoms with Gasteiger partial charge >= 0.3 is 11.3 Å². The number of thiazole rings is 1. The van der Waals surface area contributed by atoms with E-state index in [1.165, 1.54) is 0 Å². The second-order valence-corrected chi connectivity index (χ2v) is 2.72. The topological polar surface area (TPSA) is 21.2 Å². The fourth-order valence-electron chi connectivity index (χ4n) is 0.785. The van der Waals surface area contributed by atoms with Crippen molar-refractivity contribution in [1.29, 1.82) is 0 Å². The highest BCUT2D eigenvalue weighted by Gasteiger charge is 2.04. The normalized spacial score (nSPS) is 10.8. The molecule has 2 rings (SSSR count). The second kappa shape index (κ2) is 1.54. The van der Waals surface area contributed by atoms with E-state index in [4.69, 9.17) is 0 Å². The summed E-state index contributed by atoms with van der Waals surface area (Å²) in [5.41, 5.74) is 0. The van der Waals surface area contributed by atoms with E-state index in [-0.39, 0.29) is 0 Å². The van der Waals surface area contributed by atoms with Gasteiger partial charge in [0.1, 0.15) is 7.05 Å². The summed E-state index contributed by atoms with van der Waals surface area (Å²) in [7, 11) is 1.96. The van der Waals surface area contributed by atoms with E-state index in [0.717, 1.165) is 4.96 Å². The number of fused-ring (bicyclic) bond motifs is 1. The van der Waals surface area contributed by atoms with Crippen molar-refractivity contribution in [3.63, 3.8) is 0 Å². The lowest BCUT2D eigenvalue weighted by atomic mass is 11.0. The van der Waals surface area contributed by atoms with Gasteiger partial charge in [0, 0.05) is 5.38 Å². The van der Waals surface area contributed by atoms with E-state index >= 15 is 0 Å². The van der Waals surface area contributed by atoms with Crippen molar-refractivity contribution in [2.45, 2.75) is 0 Å². The van der Waals surface area contributed by atoms with Gasteiger partial charge in [-0.25, -0.2) is 0 Å². The van der Waals surface area contributed by atoms with Crippen LogP contribution in [0.2, 0.25) is 0 Å². The van der Waals surface area contributed by atoms with Crippen LogP contribution >= 0.6 is 11.3 Å². The van der Waals surface area contributed by atoms with E-state index in [1.54, 1.807) is 17.7 Å². The van der Waals surface area contributed by atoms with E-state index in [0.29, 0.717) is 0 Å². The highest BCUT2D eigenvalue weighted by atomic mass is 32.1. The van der Waals surface area contributed by atoms with Crippen LogP contribution in [0.5, 0.6) is 0 Å². The summed E-state index contributed by atoms with van der Waals surface area (Å²) >= 11 is 1.64. The standard InChI is InChI=1S/C5H6N3S/c1-7-4-6-5-8(7)2-3-9-5/h2-4H,1H3/q+1. The number of hydrogen-bond donors (Lipinski definition) is 0. The maximum Gasteiger partial charge on any atom is 0.338 e. The zero-order valence-electron chi connectivity index (χ0n) is 4.98. The fraction of sp³-hybridized carbons (Fsp3) is 0.200. The molecule has 2 aromatic rings. The molecule has 0 aromatic carbocycles. The molecular formula is C5H6N3S+. The van der Waals surface area contributed by atoms with Crippen LogP contribution in [0.3, 0.4) is 0 Å². The zero-order valence-corrected chi connectivity index (χ0v) is 5.80. The molecule has 0 saturated heterocycles. The van der Waals surface area contributed by atoms with Gasteiger partial charge in [0.05, 0.1) is 6.20 Å². The van der Waals surface area contributed by atoms with Crippen molar-refractivity contribution >= 4 is 16.3 Å². The molecule has 0 aliphatic heterocycles. The highest BCUT2D eigenvalue weighted by molar-refractivity contribution is 7.15. The third-order valence-electron chi connectivity index (χ3n) is 1.25. The quantitative estimate of drug-likeness (QED) is 0.480. The summed E-state index contributed by atoms with van der Waals surface area (Å²) in [5, 5.41) is 2.02. The predicted molar refractivity (Wildman–Crippen MR) is 34.2 cm³/mol. The number of hydrogen-bond acceptors (Lipinski definition) is 2. The minimum absolute atomic E-state index is 1.04. The average Bonchev–Trinajstić information content (AvgIpc) is 2.35. The summed E-state index contributed by atoms with van der Waals surface area (Å²) < 4.78 is 3.93. The first-order valence-corrected chi connectivity index (χ1v) is 3.52. The van der Waals surface area contributed by atoms with Crippen molar-refractivity contribution in [1.82, 2.24) is 9.50 Å². The summed E-state index contributed by atoms with van der Waals surface area (Å²) in [5.74, 6) is 0. The van der Waals surface area contributed by atoms with Crippen LogP contribution in [-0.4, -0.2) is 9.50 Å². The maximum atomic E-state index is 4.12. The van der Waals surface area contributed by atoms with Gasteiger partial charge in [0.2, 0.25) is 0 Å². The van der Waals surface area contributed by atoms with E-state index in [2.05, 4.69) is 4.98 Å². The van der Waals surface area contributed by atoms with Crippen LogP contribution in [0.25, 0.3) is 4.96 Å². The smallest absolute Gasteiger partial charge is 0.154 e. The summed E-state index contributed by atoms with van der Waals surface area (Å²) in [4.78, 5) is 5.16. The first-order valence-electron chi connectivity index (χ1n) is 2.64. The van der Waals surface area contributed by atoms with Crippen molar-refractivity contribution in [2.24, 2.45) is 7.05 Å². The fourth-order valence-corrected chi connectivity index (χ4v) is 1.49. The van der Waals surface area contributed by atoms with Crippen LogP contribution in [0.4, 0.5) is 0 Å². The molecule has 46 valence electrons. The van der Waals surface area contributed by atoms with E-state index in [9.17, 15) is 0 Å². The lowest BCUT2D eigenvalue weighted by Crippen LogP contribution is -2.32. The second-order valence-electron chi connectivity index (χ2n) is 1.85. The SMILES string of the molecule is C[n+]1cnc2sccn21. The molecule has 0 aliphatic carbocycles. The Morgan fingerprint density at radius 2 is 2.67 bits per heavy atom. The zero-order chi connectivity index (χ0) is 6.27. The number of aromatic nitrogens is 3. The Bertz CT molecular complexity index is 321. The lowest BCUT2D eigenvalue weighted by Gasteiger charge is -1.78. The molecule has 3 nitrogen and oxygen atoms in total. The molecule has 0 unspecified atom stereocenters. The molecule has 0 aliphatic rings. The monoisotopic (exact) mass is 140 g/mol. The Kier molecular flexibility index (Phi) is 0.843. The molecule has 0 N–H and O–H groups in total. The number of rotatable bonds is 0. The molecule has 0 spiro atoms. The highest BCUT2D eigenvalue weighted by Crippen LogP contribution is 2.03. The molecule has 0 amide bonds. The van der Waals surface area contributed by atoms with Crippen LogP contribution < -0.4 is 4.68 Å². The van der Waals surface area contributed by atoms with Crippen LogP contribution in [0, 0.1) is 0 Å². The van der Waals surface area contributed by atoms with Crippen molar-refractivity contribution in [2.75, 3.05) is 0 Å². The molecule has 0 radical (unpaired) electrons. The maximum absolute atomic E-state index is 4.12. The largest absolute Gasteiger partial charge is 0.338 e. The Morgan fingerprint density at radius 1 is 1.78 bits per heavy atom. The van der Waals surface area contributed by atoms with Gasteiger partial charge in [-0.2, -0.15) is 4.68 Å². The van der Waals surface area contributed by atoms with E-state index in [1.807, 2.05) is 27.8 Å². The van der Waals surface area contributed by atoms with Crippen molar-refractivity contribution in [3.05, 3.63) is 17.9 Å². The first-order chi connectivity index (χ1) is 4.38. The van der Waals surface area contributed by atoms with Gasteiger partial charge in [-0.15, -0.1) is 4.52 Å². The third-order valence-corrected chi connectivity index (χ3v) is 2.01. The van der Waals surface area contributed by atoms with Gasteiger partial charge in [0.15, 0.2) is 0 Å². The first kappa shape index (κ1) is 4.93. The third kappa shape index (κ3) is 0.564. The molecule has 9 heavy (non-hydrogen) atoms. The Hall–Kier alpha value is -0.900. The molecule has 4 heteroatoms. The van der Waals surface area contributed by atoms with Gasteiger partial charge in [-0.05, 0) is 4.98 Å². The summed E-state index contributed by atoms with van der Waals surface area (Å²) in [6.45, 7) is 0. The Morgan fingerprint density at radius 3 is 3.44 bits per heavy atom. The number of aryl methyl sites for hydroxylation is 1. The Balaban J connectivity index is 2.99. The van der Waals surface area contributed by atoms with Crippen LogP contribution in [-0.2, 0) is 7.05 Å². The minimum Gasteiger partial charge on any atom is -0.154 e. The van der Waals surface area contributed by atoms with Crippen molar-refractivity contribution < 1.29 is 4.68 Å². The molecule has 0 atom stereocenters. The molecule has 2 heterocycles. The van der Waals surface area contributed by atoms with Gasteiger partial charge in [0.25, 0.3) is 0 Å². The van der Waals surface area contributed by atoms with E-state index < -0.39 is 0 Å². The number of nitrogens with zero attached hydrogens (tertiary/aromatic N) is 3. The minimum atomic E-state index is 1.04. The Labute approximate surface area is 56.2 Å². The van der Waals surface area contributed by atoms with Crippen molar-refractivity contribution in [3.8, 4) is 0 Å². The summed E-state index contributed by atoms with van der Waals surface area (Å²) in [6.07, 6.45) is 3.79. The van der Waals surface area contributed by atoms with Gasteiger partial charge < -0.3 is 0 Å². The average molecular weight is 140 g/mol. The molecule has 0 saturated carbocycles. The molecule has 2 aromatic heterocycles.